The van der Waals surface area contributed by atoms with Crippen molar-refractivity contribution >= 4 is 31.9 Å². The number of halogens is 2. The molecule has 0 aliphatic heterocycles. The summed E-state index contributed by atoms with van der Waals surface area (Å²) in [4.78, 5) is 0. The van der Waals surface area contributed by atoms with Gasteiger partial charge < -0.3 is 9.47 Å². The third-order valence-electron chi connectivity index (χ3n) is 2.69. The van der Waals surface area contributed by atoms with E-state index in [1.54, 1.807) is 12.1 Å². The molecule has 0 atom stereocenters. The van der Waals surface area contributed by atoms with Gasteiger partial charge in [-0.15, -0.1) is 10.2 Å². The highest BCUT2D eigenvalue weighted by Gasteiger charge is 2.03. The summed E-state index contributed by atoms with van der Waals surface area (Å²) in [6.07, 6.45) is 0. The minimum absolute atomic E-state index is 0.408. The monoisotopic (exact) mass is 420 g/mol. The molecular weight excluding hydrogens is 412 g/mol. The maximum absolute atomic E-state index is 5.60. The molecule has 0 radical (unpaired) electrons. The van der Waals surface area contributed by atoms with Crippen LogP contribution in [-0.4, -0.2) is 10.2 Å². The summed E-state index contributed by atoms with van der Waals surface area (Å²) < 4.78 is 13.2. The largest absolute Gasteiger partial charge is 0.438 e. The van der Waals surface area contributed by atoms with E-state index in [0.717, 1.165) is 8.95 Å². The number of hydrogen-bond donors (Lipinski definition) is 0. The molecule has 110 valence electrons. The van der Waals surface area contributed by atoms with Crippen LogP contribution in [0.1, 0.15) is 0 Å². The molecule has 0 aliphatic rings. The second kappa shape index (κ2) is 6.89. The minimum atomic E-state index is 0.408. The van der Waals surface area contributed by atoms with E-state index < -0.39 is 0 Å². The molecule has 0 amide bonds. The van der Waals surface area contributed by atoms with Crippen LogP contribution < -0.4 is 9.47 Å². The average molecular weight is 422 g/mol. The number of aromatic nitrogens is 2. The van der Waals surface area contributed by atoms with Gasteiger partial charge in [-0.05, 0) is 48.5 Å². The molecule has 0 saturated carbocycles. The highest BCUT2D eigenvalue weighted by atomic mass is 79.9. The van der Waals surface area contributed by atoms with Crippen LogP contribution in [0.2, 0.25) is 0 Å². The van der Waals surface area contributed by atoms with Crippen LogP contribution >= 0.6 is 31.9 Å². The molecule has 0 spiro atoms. The van der Waals surface area contributed by atoms with Crippen molar-refractivity contribution in [1.29, 1.82) is 0 Å². The first-order valence-corrected chi connectivity index (χ1v) is 7.98. The molecule has 3 aromatic rings. The van der Waals surface area contributed by atoms with Crippen molar-refractivity contribution in [3.05, 3.63) is 69.6 Å². The lowest BCUT2D eigenvalue weighted by Crippen LogP contribution is -1.93. The van der Waals surface area contributed by atoms with Gasteiger partial charge in [-0.1, -0.05) is 31.9 Å². The molecule has 0 fully saturated rings. The van der Waals surface area contributed by atoms with E-state index in [2.05, 4.69) is 42.1 Å². The van der Waals surface area contributed by atoms with Crippen LogP contribution in [0.25, 0.3) is 0 Å². The Kier molecular flexibility index (Phi) is 4.70. The summed E-state index contributed by atoms with van der Waals surface area (Å²) in [5.41, 5.74) is 0. The molecule has 3 rings (SSSR count). The maximum atomic E-state index is 5.60. The fraction of sp³-hybridized carbons (Fsp3) is 0. The van der Waals surface area contributed by atoms with Crippen LogP contribution in [0.5, 0.6) is 23.3 Å². The van der Waals surface area contributed by atoms with Crippen molar-refractivity contribution in [3.63, 3.8) is 0 Å². The predicted molar refractivity (Wildman–Crippen MR) is 90.5 cm³/mol. The fourth-order valence-electron chi connectivity index (χ4n) is 1.66. The third kappa shape index (κ3) is 4.05. The normalized spacial score (nSPS) is 10.3. The van der Waals surface area contributed by atoms with Gasteiger partial charge in [-0.2, -0.15) is 0 Å². The summed E-state index contributed by atoms with van der Waals surface area (Å²) in [5, 5.41) is 7.98. The molecule has 0 saturated heterocycles. The second-order valence-electron chi connectivity index (χ2n) is 4.32. The summed E-state index contributed by atoms with van der Waals surface area (Å²) in [6.45, 7) is 0. The van der Waals surface area contributed by atoms with Crippen LogP contribution in [0.4, 0.5) is 0 Å². The average Bonchev–Trinajstić information content (AvgIpc) is 2.54. The van der Waals surface area contributed by atoms with Crippen molar-refractivity contribution in [2.75, 3.05) is 0 Å². The minimum Gasteiger partial charge on any atom is -0.438 e. The Hall–Kier alpha value is -1.92. The molecule has 1 heterocycles. The standard InChI is InChI=1S/C16H10Br2N2O2/c17-11-1-5-13(6-2-11)21-15-9-10-16(20-19-15)22-14-7-3-12(18)4-8-14/h1-10H. The van der Waals surface area contributed by atoms with Gasteiger partial charge in [-0.3, -0.25) is 0 Å². The van der Waals surface area contributed by atoms with Gasteiger partial charge in [0.15, 0.2) is 0 Å². The number of nitrogens with zero attached hydrogens (tertiary/aromatic N) is 2. The van der Waals surface area contributed by atoms with Crippen molar-refractivity contribution in [1.82, 2.24) is 10.2 Å². The Bertz CT molecular complexity index is 678. The summed E-state index contributed by atoms with van der Waals surface area (Å²) in [7, 11) is 0. The lowest BCUT2D eigenvalue weighted by atomic mass is 10.3. The fourth-order valence-corrected chi connectivity index (χ4v) is 2.19. The second-order valence-corrected chi connectivity index (χ2v) is 6.15. The van der Waals surface area contributed by atoms with E-state index in [-0.39, 0.29) is 0 Å². The van der Waals surface area contributed by atoms with Crippen LogP contribution in [0.15, 0.2) is 69.6 Å². The van der Waals surface area contributed by atoms with Gasteiger partial charge in [0.05, 0.1) is 0 Å². The Morgan fingerprint density at radius 2 is 0.909 bits per heavy atom. The van der Waals surface area contributed by atoms with Gasteiger partial charge in [0.2, 0.25) is 11.8 Å². The quantitative estimate of drug-likeness (QED) is 0.551. The Balaban J connectivity index is 1.67. The molecule has 0 N–H and O–H groups in total. The Morgan fingerprint density at radius 3 is 1.23 bits per heavy atom. The number of hydrogen-bond acceptors (Lipinski definition) is 4. The van der Waals surface area contributed by atoms with E-state index >= 15 is 0 Å². The van der Waals surface area contributed by atoms with E-state index in [9.17, 15) is 0 Å². The zero-order chi connectivity index (χ0) is 15.4. The van der Waals surface area contributed by atoms with Gasteiger partial charge in [0.25, 0.3) is 0 Å². The molecule has 6 heteroatoms. The number of benzene rings is 2. The predicted octanol–water partition coefficient (Wildman–Crippen LogP) is 5.59. The summed E-state index contributed by atoms with van der Waals surface area (Å²) in [5.74, 6) is 2.20. The molecular formula is C16H10Br2N2O2. The van der Waals surface area contributed by atoms with E-state index in [1.165, 1.54) is 0 Å². The van der Waals surface area contributed by atoms with E-state index in [0.29, 0.717) is 23.3 Å². The smallest absolute Gasteiger partial charge is 0.239 e. The van der Waals surface area contributed by atoms with Gasteiger partial charge in [-0.25, -0.2) is 0 Å². The molecule has 4 nitrogen and oxygen atoms in total. The SMILES string of the molecule is Brc1ccc(Oc2ccc(Oc3ccc(Br)cc3)nn2)cc1. The first kappa shape index (κ1) is 15.0. The van der Waals surface area contributed by atoms with Crippen LogP contribution in [0.3, 0.4) is 0 Å². The molecule has 0 unspecified atom stereocenters. The Morgan fingerprint density at radius 1 is 0.545 bits per heavy atom. The van der Waals surface area contributed by atoms with Crippen molar-refractivity contribution in [2.24, 2.45) is 0 Å². The van der Waals surface area contributed by atoms with Crippen molar-refractivity contribution < 1.29 is 9.47 Å². The summed E-state index contributed by atoms with van der Waals surface area (Å²) in [6, 6.07) is 18.4. The van der Waals surface area contributed by atoms with E-state index in [1.807, 2.05) is 48.5 Å². The first-order chi connectivity index (χ1) is 10.7. The highest BCUT2D eigenvalue weighted by Crippen LogP contribution is 2.24. The molecule has 22 heavy (non-hydrogen) atoms. The van der Waals surface area contributed by atoms with Crippen LogP contribution in [0, 0.1) is 0 Å². The Labute approximate surface area is 144 Å². The maximum Gasteiger partial charge on any atom is 0.239 e. The van der Waals surface area contributed by atoms with E-state index in [4.69, 9.17) is 9.47 Å². The third-order valence-corrected chi connectivity index (χ3v) is 3.75. The lowest BCUT2D eigenvalue weighted by Gasteiger charge is -2.06. The molecule has 2 aromatic carbocycles. The van der Waals surface area contributed by atoms with Crippen molar-refractivity contribution in [2.45, 2.75) is 0 Å². The van der Waals surface area contributed by atoms with Gasteiger partial charge in [0.1, 0.15) is 11.5 Å². The van der Waals surface area contributed by atoms with Crippen molar-refractivity contribution in [3.8, 4) is 23.3 Å². The summed E-state index contributed by atoms with van der Waals surface area (Å²) >= 11 is 6.75. The first-order valence-electron chi connectivity index (χ1n) is 6.40. The highest BCUT2D eigenvalue weighted by molar-refractivity contribution is 9.10. The molecule has 0 bridgehead atoms. The number of ether oxygens (including phenoxy) is 2. The van der Waals surface area contributed by atoms with Gasteiger partial charge >= 0.3 is 0 Å². The molecule has 1 aromatic heterocycles. The zero-order valence-electron chi connectivity index (χ0n) is 11.2. The topological polar surface area (TPSA) is 44.2 Å². The number of rotatable bonds is 4. The van der Waals surface area contributed by atoms with Crippen LogP contribution in [-0.2, 0) is 0 Å². The zero-order valence-corrected chi connectivity index (χ0v) is 14.4. The molecule has 0 aliphatic carbocycles. The van der Waals surface area contributed by atoms with Gasteiger partial charge in [0, 0.05) is 21.1 Å². The lowest BCUT2D eigenvalue weighted by molar-refractivity contribution is 0.427.